The van der Waals surface area contributed by atoms with Crippen LogP contribution in [-0.2, 0) is 28.5 Å². The molecular weight excluding hydrogens is 244 g/mol. The normalized spacial score (nSPS) is 10.2. The van der Waals surface area contributed by atoms with E-state index in [2.05, 4.69) is 18.9 Å². The number of hydrogen-bond acceptors (Lipinski definition) is 7. The Morgan fingerprint density at radius 2 is 1.56 bits per heavy atom. The molecule has 0 amide bonds. The number of carbonyl (C=O) groups is 3. The van der Waals surface area contributed by atoms with Crippen LogP contribution in [0.2, 0.25) is 0 Å². The fourth-order valence-electron chi connectivity index (χ4n) is 0.737. The third-order valence-corrected chi connectivity index (χ3v) is 1.35. The van der Waals surface area contributed by atoms with E-state index in [1.165, 1.54) is 0 Å². The predicted octanol–water partition coefficient (Wildman–Crippen LogP) is 1.17. The molecule has 0 saturated heterocycles. The van der Waals surface area contributed by atoms with Gasteiger partial charge in [0.2, 0.25) is 6.79 Å². The van der Waals surface area contributed by atoms with Gasteiger partial charge in [0.05, 0.1) is 12.7 Å². The lowest BCUT2D eigenvalue weighted by Gasteiger charge is -2.07. The van der Waals surface area contributed by atoms with Crippen LogP contribution in [0.1, 0.15) is 20.8 Å². The summed E-state index contributed by atoms with van der Waals surface area (Å²) in [6.45, 7) is 4.56. The number of hydrogen-bond donors (Lipinski definition) is 0. The summed E-state index contributed by atoms with van der Waals surface area (Å²) in [4.78, 5) is 32.7. The van der Waals surface area contributed by atoms with Gasteiger partial charge < -0.3 is 18.9 Å². The van der Waals surface area contributed by atoms with E-state index >= 15 is 0 Å². The summed E-state index contributed by atoms with van der Waals surface area (Å²) in [6.07, 6.45) is 0.525. The van der Waals surface area contributed by atoms with Crippen molar-refractivity contribution >= 4 is 18.1 Å². The molecule has 0 aliphatic heterocycles. The summed E-state index contributed by atoms with van der Waals surface area (Å²) in [5.41, 5.74) is 0. The molecule has 7 heteroatoms. The standard InChI is InChI=1S/C11H16O7/c1-4-15-9(12)5-6-10(13)16-7-17-11(14)18-8(2)3/h5-6,8H,4,7H2,1-3H3/b6-5+. The molecule has 18 heavy (non-hydrogen) atoms. The number of rotatable bonds is 6. The van der Waals surface area contributed by atoms with Gasteiger partial charge in [-0.2, -0.15) is 0 Å². The minimum absolute atomic E-state index is 0.211. The van der Waals surface area contributed by atoms with E-state index in [9.17, 15) is 14.4 Å². The number of carbonyl (C=O) groups excluding carboxylic acids is 3. The van der Waals surface area contributed by atoms with Crippen LogP contribution in [0.5, 0.6) is 0 Å². The number of ether oxygens (including phenoxy) is 4. The number of esters is 2. The Bertz CT molecular complexity index is 319. The van der Waals surface area contributed by atoms with Gasteiger partial charge in [0.1, 0.15) is 0 Å². The highest BCUT2D eigenvalue weighted by Crippen LogP contribution is 1.93. The molecule has 0 fully saturated rings. The zero-order chi connectivity index (χ0) is 14.0. The molecule has 102 valence electrons. The molecule has 7 nitrogen and oxygen atoms in total. The van der Waals surface area contributed by atoms with Crippen molar-refractivity contribution < 1.29 is 33.3 Å². The van der Waals surface area contributed by atoms with Gasteiger partial charge >= 0.3 is 18.1 Å². The predicted molar refractivity (Wildman–Crippen MR) is 59.4 cm³/mol. The molecule has 0 spiro atoms. The van der Waals surface area contributed by atoms with Gasteiger partial charge in [0, 0.05) is 12.2 Å². The second-order valence-corrected chi connectivity index (χ2v) is 3.23. The van der Waals surface area contributed by atoms with Crippen molar-refractivity contribution in [2.75, 3.05) is 13.4 Å². The first-order valence-electron chi connectivity index (χ1n) is 5.30. The van der Waals surface area contributed by atoms with E-state index in [1.54, 1.807) is 20.8 Å². The van der Waals surface area contributed by atoms with Crippen molar-refractivity contribution in [1.82, 2.24) is 0 Å². The average molecular weight is 260 g/mol. The first kappa shape index (κ1) is 16.0. The smallest absolute Gasteiger partial charge is 0.463 e. The van der Waals surface area contributed by atoms with Crippen LogP contribution in [0.25, 0.3) is 0 Å². The molecule has 0 aromatic rings. The van der Waals surface area contributed by atoms with Gasteiger partial charge in [-0.15, -0.1) is 0 Å². The van der Waals surface area contributed by atoms with E-state index in [0.717, 1.165) is 12.2 Å². The van der Waals surface area contributed by atoms with Crippen LogP contribution >= 0.6 is 0 Å². The molecule has 0 N–H and O–H groups in total. The van der Waals surface area contributed by atoms with Gasteiger partial charge in [0.25, 0.3) is 0 Å². The maximum Gasteiger partial charge on any atom is 0.511 e. The zero-order valence-electron chi connectivity index (χ0n) is 10.5. The fourth-order valence-corrected chi connectivity index (χ4v) is 0.737. The highest BCUT2D eigenvalue weighted by Gasteiger charge is 2.07. The second kappa shape index (κ2) is 9.03. The molecule has 0 unspecified atom stereocenters. The van der Waals surface area contributed by atoms with Crippen molar-refractivity contribution in [2.45, 2.75) is 26.9 Å². The maximum absolute atomic E-state index is 11.0. The van der Waals surface area contributed by atoms with E-state index < -0.39 is 24.9 Å². The van der Waals surface area contributed by atoms with Gasteiger partial charge in [-0.25, -0.2) is 14.4 Å². The van der Waals surface area contributed by atoms with Crippen molar-refractivity contribution in [2.24, 2.45) is 0 Å². The Balaban J connectivity index is 3.77. The molecule has 0 aromatic heterocycles. The Morgan fingerprint density at radius 1 is 1.00 bits per heavy atom. The first-order valence-corrected chi connectivity index (χ1v) is 5.30. The van der Waals surface area contributed by atoms with E-state index in [-0.39, 0.29) is 12.7 Å². The van der Waals surface area contributed by atoms with Crippen molar-refractivity contribution in [3.8, 4) is 0 Å². The molecule has 0 rings (SSSR count). The van der Waals surface area contributed by atoms with Gasteiger partial charge in [0.15, 0.2) is 0 Å². The van der Waals surface area contributed by atoms with Crippen molar-refractivity contribution in [1.29, 1.82) is 0 Å². The molecule has 0 saturated carbocycles. The molecule has 0 heterocycles. The van der Waals surface area contributed by atoms with E-state index in [0.29, 0.717) is 0 Å². The van der Waals surface area contributed by atoms with Gasteiger partial charge in [-0.1, -0.05) is 0 Å². The minimum atomic E-state index is -0.938. The lowest BCUT2D eigenvalue weighted by atomic mass is 10.5. The third-order valence-electron chi connectivity index (χ3n) is 1.35. The van der Waals surface area contributed by atoms with Gasteiger partial charge in [-0.05, 0) is 20.8 Å². The third kappa shape index (κ3) is 9.20. The van der Waals surface area contributed by atoms with E-state index in [4.69, 9.17) is 0 Å². The summed E-state index contributed by atoms with van der Waals surface area (Å²) in [6, 6.07) is 0. The van der Waals surface area contributed by atoms with Crippen molar-refractivity contribution in [3.05, 3.63) is 12.2 Å². The summed E-state index contributed by atoms with van der Waals surface area (Å²) in [7, 11) is 0. The molecule has 0 atom stereocenters. The quantitative estimate of drug-likeness (QED) is 0.306. The van der Waals surface area contributed by atoms with E-state index in [1.807, 2.05) is 0 Å². The summed E-state index contributed by atoms with van der Waals surface area (Å²) in [5.74, 6) is -1.49. The Hall–Kier alpha value is -2.05. The largest absolute Gasteiger partial charge is 0.511 e. The molecular formula is C11H16O7. The fraction of sp³-hybridized carbons (Fsp3) is 0.545. The highest BCUT2D eigenvalue weighted by atomic mass is 16.8. The monoisotopic (exact) mass is 260 g/mol. The van der Waals surface area contributed by atoms with Crippen LogP contribution in [0, 0.1) is 0 Å². The van der Waals surface area contributed by atoms with Gasteiger partial charge in [-0.3, -0.25) is 0 Å². The lowest BCUT2D eigenvalue weighted by Crippen LogP contribution is -2.16. The summed E-state index contributed by atoms with van der Waals surface area (Å²) < 4.78 is 18.0. The topological polar surface area (TPSA) is 88.1 Å². The second-order valence-electron chi connectivity index (χ2n) is 3.23. The summed E-state index contributed by atoms with van der Waals surface area (Å²) >= 11 is 0. The SMILES string of the molecule is CCOC(=O)/C=C/C(=O)OCOC(=O)OC(C)C. The molecule has 0 aliphatic rings. The van der Waals surface area contributed by atoms with Crippen LogP contribution in [-0.4, -0.2) is 37.6 Å². The lowest BCUT2D eigenvalue weighted by molar-refractivity contribution is -0.148. The summed E-state index contributed by atoms with van der Waals surface area (Å²) in [5, 5.41) is 0. The maximum atomic E-state index is 11.0. The van der Waals surface area contributed by atoms with Crippen LogP contribution < -0.4 is 0 Å². The molecule has 0 aromatic carbocycles. The zero-order valence-corrected chi connectivity index (χ0v) is 10.5. The first-order chi connectivity index (χ1) is 8.45. The van der Waals surface area contributed by atoms with Crippen LogP contribution in [0.15, 0.2) is 12.2 Å². The minimum Gasteiger partial charge on any atom is -0.463 e. The Morgan fingerprint density at radius 3 is 2.06 bits per heavy atom. The molecule has 0 bridgehead atoms. The molecule has 0 aliphatic carbocycles. The average Bonchev–Trinajstić information content (AvgIpc) is 2.25. The van der Waals surface area contributed by atoms with Crippen molar-refractivity contribution in [3.63, 3.8) is 0 Å². The molecule has 0 radical (unpaired) electrons. The van der Waals surface area contributed by atoms with Crippen LogP contribution in [0.4, 0.5) is 4.79 Å². The highest BCUT2D eigenvalue weighted by molar-refractivity contribution is 5.91. The van der Waals surface area contributed by atoms with Crippen LogP contribution in [0.3, 0.4) is 0 Å². The Kier molecular flexibility index (Phi) is 8.00. The Labute approximate surface area is 105 Å².